The molecule has 1 atom stereocenters. The Kier molecular flexibility index (Phi) is 3.30. The summed E-state index contributed by atoms with van der Waals surface area (Å²) in [6.07, 6.45) is -0.670. The summed E-state index contributed by atoms with van der Waals surface area (Å²) in [5, 5.41) is 18.8. The summed E-state index contributed by atoms with van der Waals surface area (Å²) in [7, 11) is 0. The monoisotopic (exact) mass is 245 g/mol. The maximum atomic E-state index is 9.50. The zero-order chi connectivity index (χ0) is 10.0. The highest BCUT2D eigenvalue weighted by Crippen LogP contribution is 2.29. The Bertz CT molecular complexity index is 315. The maximum absolute atomic E-state index is 9.50. The highest BCUT2D eigenvalue weighted by molar-refractivity contribution is 9.10. The van der Waals surface area contributed by atoms with Gasteiger partial charge in [-0.05, 0) is 46.1 Å². The van der Waals surface area contributed by atoms with Crippen molar-refractivity contribution in [2.24, 2.45) is 5.73 Å². The Hall–Kier alpha value is -0.580. The van der Waals surface area contributed by atoms with Crippen molar-refractivity contribution in [3.8, 4) is 5.75 Å². The second-order valence-electron chi connectivity index (χ2n) is 2.91. The number of aliphatic hydroxyl groups is 1. The van der Waals surface area contributed by atoms with Gasteiger partial charge in [0.1, 0.15) is 5.75 Å². The number of nitrogens with two attached hydrogens (primary N) is 1. The molecular formula is C9H12BrNO2. The molecule has 0 saturated carbocycles. The first-order valence-corrected chi connectivity index (χ1v) is 4.72. The second kappa shape index (κ2) is 4.09. The van der Waals surface area contributed by atoms with Crippen molar-refractivity contribution in [3.63, 3.8) is 0 Å². The minimum atomic E-state index is -0.670. The standard InChI is InChI=1S/C9H12BrNO2/c1-5-2-8(12)7(10)3-6(5)9(13)4-11/h2-3,9,12-13H,4,11H2,1H3. The molecule has 0 bridgehead atoms. The van der Waals surface area contributed by atoms with E-state index in [9.17, 15) is 10.2 Å². The number of phenolic OH excluding ortho intramolecular Hbond substituents is 1. The fraction of sp³-hybridized carbons (Fsp3) is 0.333. The minimum Gasteiger partial charge on any atom is -0.507 e. The van der Waals surface area contributed by atoms with Crippen molar-refractivity contribution in [2.75, 3.05) is 6.54 Å². The summed E-state index contributed by atoms with van der Waals surface area (Å²) in [6, 6.07) is 3.28. The molecule has 72 valence electrons. The molecule has 0 aliphatic rings. The highest BCUT2D eigenvalue weighted by Gasteiger charge is 2.10. The summed E-state index contributed by atoms with van der Waals surface area (Å²) in [5.74, 6) is 0.172. The largest absolute Gasteiger partial charge is 0.507 e. The molecule has 1 aromatic carbocycles. The first-order chi connectivity index (χ1) is 6.06. The van der Waals surface area contributed by atoms with Crippen LogP contribution in [-0.2, 0) is 0 Å². The van der Waals surface area contributed by atoms with Crippen LogP contribution in [0.25, 0.3) is 0 Å². The molecule has 13 heavy (non-hydrogen) atoms. The van der Waals surface area contributed by atoms with Crippen molar-refractivity contribution in [3.05, 3.63) is 27.7 Å². The van der Waals surface area contributed by atoms with E-state index in [-0.39, 0.29) is 12.3 Å². The van der Waals surface area contributed by atoms with Crippen LogP contribution in [0.5, 0.6) is 5.75 Å². The summed E-state index contributed by atoms with van der Waals surface area (Å²) in [4.78, 5) is 0. The lowest BCUT2D eigenvalue weighted by Crippen LogP contribution is -2.12. The number of phenols is 1. The zero-order valence-electron chi connectivity index (χ0n) is 7.29. The van der Waals surface area contributed by atoms with Crippen LogP contribution in [0.1, 0.15) is 17.2 Å². The lowest BCUT2D eigenvalue weighted by Gasteiger charge is -2.12. The van der Waals surface area contributed by atoms with Gasteiger partial charge in [0.25, 0.3) is 0 Å². The number of rotatable bonds is 2. The van der Waals surface area contributed by atoms with E-state index in [0.717, 1.165) is 11.1 Å². The van der Waals surface area contributed by atoms with Crippen LogP contribution in [0.15, 0.2) is 16.6 Å². The van der Waals surface area contributed by atoms with E-state index < -0.39 is 6.10 Å². The van der Waals surface area contributed by atoms with E-state index in [1.165, 1.54) is 0 Å². The molecule has 4 heteroatoms. The fourth-order valence-corrected chi connectivity index (χ4v) is 1.53. The van der Waals surface area contributed by atoms with Crippen LogP contribution in [0.3, 0.4) is 0 Å². The third kappa shape index (κ3) is 2.21. The minimum absolute atomic E-state index is 0.172. The third-order valence-corrected chi connectivity index (χ3v) is 2.55. The predicted octanol–water partition coefficient (Wildman–Crippen LogP) is 1.46. The smallest absolute Gasteiger partial charge is 0.130 e. The van der Waals surface area contributed by atoms with E-state index in [2.05, 4.69) is 15.9 Å². The molecule has 0 saturated heterocycles. The van der Waals surface area contributed by atoms with E-state index in [4.69, 9.17) is 5.73 Å². The Labute approximate surface area is 85.3 Å². The molecule has 0 aliphatic carbocycles. The quantitative estimate of drug-likeness (QED) is 0.739. The van der Waals surface area contributed by atoms with Gasteiger partial charge in [0.15, 0.2) is 0 Å². The summed E-state index contributed by atoms with van der Waals surface area (Å²) >= 11 is 3.18. The Morgan fingerprint density at radius 2 is 2.15 bits per heavy atom. The van der Waals surface area contributed by atoms with Gasteiger partial charge in [0.05, 0.1) is 10.6 Å². The first-order valence-electron chi connectivity index (χ1n) is 3.93. The van der Waals surface area contributed by atoms with Crippen molar-refractivity contribution < 1.29 is 10.2 Å². The van der Waals surface area contributed by atoms with E-state index >= 15 is 0 Å². The summed E-state index contributed by atoms with van der Waals surface area (Å²) in [6.45, 7) is 2.00. The molecule has 0 aliphatic heterocycles. The zero-order valence-corrected chi connectivity index (χ0v) is 8.87. The van der Waals surface area contributed by atoms with Gasteiger partial charge in [-0.25, -0.2) is 0 Å². The molecule has 1 aromatic rings. The molecule has 0 radical (unpaired) electrons. The van der Waals surface area contributed by atoms with Gasteiger partial charge in [-0.2, -0.15) is 0 Å². The van der Waals surface area contributed by atoms with Crippen LogP contribution >= 0.6 is 15.9 Å². The average Bonchev–Trinajstić information content (AvgIpc) is 2.10. The van der Waals surface area contributed by atoms with Crippen LogP contribution < -0.4 is 5.73 Å². The lowest BCUT2D eigenvalue weighted by molar-refractivity contribution is 0.186. The van der Waals surface area contributed by atoms with Crippen LogP contribution in [-0.4, -0.2) is 16.8 Å². The topological polar surface area (TPSA) is 66.5 Å². The average molecular weight is 246 g/mol. The molecule has 1 unspecified atom stereocenters. The SMILES string of the molecule is Cc1cc(O)c(Br)cc1C(O)CN. The highest BCUT2D eigenvalue weighted by atomic mass is 79.9. The van der Waals surface area contributed by atoms with Gasteiger partial charge in [0.2, 0.25) is 0 Å². The van der Waals surface area contributed by atoms with Gasteiger partial charge in [-0.1, -0.05) is 0 Å². The molecule has 3 nitrogen and oxygen atoms in total. The number of benzene rings is 1. The molecule has 0 spiro atoms. The molecule has 0 amide bonds. The predicted molar refractivity (Wildman–Crippen MR) is 54.6 cm³/mol. The van der Waals surface area contributed by atoms with Crippen LogP contribution in [0, 0.1) is 6.92 Å². The van der Waals surface area contributed by atoms with Crippen molar-refractivity contribution >= 4 is 15.9 Å². The van der Waals surface area contributed by atoms with E-state index in [0.29, 0.717) is 4.47 Å². The van der Waals surface area contributed by atoms with Gasteiger partial charge in [0, 0.05) is 6.54 Å². The molecular weight excluding hydrogens is 234 g/mol. The molecule has 4 N–H and O–H groups in total. The van der Waals surface area contributed by atoms with Gasteiger partial charge in [-0.3, -0.25) is 0 Å². The van der Waals surface area contributed by atoms with E-state index in [1.54, 1.807) is 12.1 Å². The summed E-state index contributed by atoms with van der Waals surface area (Å²) in [5.41, 5.74) is 6.91. The van der Waals surface area contributed by atoms with Crippen molar-refractivity contribution in [2.45, 2.75) is 13.0 Å². The third-order valence-electron chi connectivity index (χ3n) is 1.92. The molecule has 0 aromatic heterocycles. The van der Waals surface area contributed by atoms with Gasteiger partial charge >= 0.3 is 0 Å². The Balaban J connectivity index is 3.15. The van der Waals surface area contributed by atoms with Crippen molar-refractivity contribution in [1.29, 1.82) is 0 Å². The number of hydrogen-bond acceptors (Lipinski definition) is 3. The fourth-order valence-electron chi connectivity index (χ4n) is 1.17. The number of hydrogen-bond donors (Lipinski definition) is 3. The second-order valence-corrected chi connectivity index (χ2v) is 3.77. The number of halogens is 1. The number of aliphatic hydroxyl groups excluding tert-OH is 1. The van der Waals surface area contributed by atoms with Gasteiger partial charge in [-0.15, -0.1) is 0 Å². The summed E-state index contributed by atoms with van der Waals surface area (Å²) < 4.78 is 0.570. The lowest BCUT2D eigenvalue weighted by atomic mass is 10.0. The van der Waals surface area contributed by atoms with Crippen LogP contribution in [0.2, 0.25) is 0 Å². The number of aromatic hydroxyl groups is 1. The molecule has 0 heterocycles. The normalized spacial score (nSPS) is 12.9. The van der Waals surface area contributed by atoms with E-state index in [1.807, 2.05) is 6.92 Å². The van der Waals surface area contributed by atoms with Crippen molar-refractivity contribution in [1.82, 2.24) is 0 Å². The molecule has 1 rings (SSSR count). The first kappa shape index (κ1) is 10.5. The van der Waals surface area contributed by atoms with Crippen LogP contribution in [0.4, 0.5) is 0 Å². The number of aryl methyl sites for hydroxylation is 1. The Morgan fingerprint density at radius 3 is 2.69 bits per heavy atom. The van der Waals surface area contributed by atoms with Gasteiger partial charge < -0.3 is 15.9 Å². The Morgan fingerprint density at radius 1 is 1.54 bits per heavy atom. The molecule has 0 fully saturated rings. The maximum Gasteiger partial charge on any atom is 0.130 e.